The molecule has 0 aromatic heterocycles. The summed E-state index contributed by atoms with van der Waals surface area (Å²) < 4.78 is 12.0. The molecule has 28 heavy (non-hydrogen) atoms. The molecule has 2 atom stereocenters. The number of hydrogen-bond donors (Lipinski definition) is 1. The lowest BCUT2D eigenvalue weighted by Crippen LogP contribution is -2.74. The summed E-state index contributed by atoms with van der Waals surface area (Å²) in [7, 11) is 1.67. The van der Waals surface area contributed by atoms with E-state index in [1.807, 2.05) is 29.2 Å². The summed E-state index contributed by atoms with van der Waals surface area (Å²) in [5.74, 6) is 1.56. The molecule has 3 heterocycles. The maximum atomic E-state index is 12.9. The number of para-hydroxylation sites is 1. The lowest BCUT2D eigenvalue weighted by molar-refractivity contribution is -0.206. The lowest BCUT2D eigenvalue weighted by atomic mass is 9.89. The average molecular weight is 385 g/mol. The van der Waals surface area contributed by atoms with Crippen LogP contribution in [0.4, 0.5) is 0 Å². The van der Waals surface area contributed by atoms with E-state index in [0.29, 0.717) is 38.6 Å². The Labute approximate surface area is 165 Å². The highest BCUT2D eigenvalue weighted by Gasteiger charge is 2.53. The van der Waals surface area contributed by atoms with E-state index in [4.69, 9.17) is 9.47 Å². The van der Waals surface area contributed by atoms with Gasteiger partial charge in [-0.3, -0.25) is 14.5 Å². The minimum atomic E-state index is -0.431. The molecule has 1 N–H and O–H groups in total. The fraction of sp³-hybridized carbons (Fsp3) is 0.619. The first-order valence-electron chi connectivity index (χ1n) is 10.2. The van der Waals surface area contributed by atoms with Gasteiger partial charge in [0.1, 0.15) is 17.4 Å². The minimum absolute atomic E-state index is 0.0138. The van der Waals surface area contributed by atoms with Gasteiger partial charge in [0.25, 0.3) is 5.91 Å². The number of likely N-dealkylation sites (tertiary alicyclic amines) is 1. The highest BCUT2D eigenvalue weighted by atomic mass is 16.5. The molecule has 7 nitrogen and oxygen atoms in total. The van der Waals surface area contributed by atoms with Gasteiger partial charge in [0.05, 0.1) is 19.7 Å². The van der Waals surface area contributed by atoms with Crippen LogP contribution in [0.5, 0.6) is 5.75 Å². The topological polar surface area (TPSA) is 71.1 Å². The largest absolute Gasteiger partial charge is 0.480 e. The third-order valence-electron chi connectivity index (χ3n) is 6.41. The third-order valence-corrected chi connectivity index (χ3v) is 6.41. The number of amides is 2. The van der Waals surface area contributed by atoms with E-state index in [1.165, 1.54) is 12.8 Å². The third kappa shape index (κ3) is 3.16. The zero-order valence-corrected chi connectivity index (χ0v) is 16.2. The SMILES string of the molecule is CNC(=O)[C@@H]1COC2(CN(C(=O)[C@@H]3Cc4ccccc4O3)C2)CN1CC1CC1. The first-order valence-corrected chi connectivity index (χ1v) is 10.2. The molecule has 3 fully saturated rings. The van der Waals surface area contributed by atoms with Gasteiger partial charge in [-0.15, -0.1) is 0 Å². The molecule has 5 rings (SSSR count). The Morgan fingerprint density at radius 2 is 2.00 bits per heavy atom. The van der Waals surface area contributed by atoms with Crippen molar-refractivity contribution in [1.82, 2.24) is 15.1 Å². The van der Waals surface area contributed by atoms with Crippen LogP contribution in [-0.2, 0) is 20.7 Å². The predicted molar refractivity (Wildman–Crippen MR) is 102 cm³/mol. The van der Waals surface area contributed by atoms with Gasteiger partial charge in [-0.05, 0) is 30.4 Å². The van der Waals surface area contributed by atoms with Crippen molar-refractivity contribution in [1.29, 1.82) is 0 Å². The van der Waals surface area contributed by atoms with E-state index in [9.17, 15) is 9.59 Å². The van der Waals surface area contributed by atoms with E-state index in [2.05, 4.69) is 10.2 Å². The van der Waals surface area contributed by atoms with E-state index in [0.717, 1.165) is 17.9 Å². The second kappa shape index (κ2) is 6.74. The minimum Gasteiger partial charge on any atom is -0.480 e. The molecule has 0 radical (unpaired) electrons. The molecule has 1 saturated carbocycles. The first kappa shape index (κ1) is 17.9. The van der Waals surface area contributed by atoms with Gasteiger partial charge in [-0.2, -0.15) is 0 Å². The second-order valence-corrected chi connectivity index (χ2v) is 8.61. The van der Waals surface area contributed by atoms with Gasteiger partial charge in [-0.25, -0.2) is 0 Å². The molecule has 7 heteroatoms. The van der Waals surface area contributed by atoms with Crippen molar-refractivity contribution in [2.45, 2.75) is 37.0 Å². The van der Waals surface area contributed by atoms with Crippen LogP contribution in [0, 0.1) is 5.92 Å². The Hall–Kier alpha value is -2.12. The quantitative estimate of drug-likeness (QED) is 0.814. The molecule has 3 aliphatic heterocycles. The summed E-state index contributed by atoms with van der Waals surface area (Å²) in [5.41, 5.74) is 0.745. The zero-order valence-electron chi connectivity index (χ0n) is 16.2. The van der Waals surface area contributed by atoms with Crippen molar-refractivity contribution in [3.05, 3.63) is 29.8 Å². The molecule has 2 amide bonds. The normalized spacial score (nSPS) is 28.4. The number of nitrogens with zero attached hydrogens (tertiary/aromatic N) is 2. The van der Waals surface area contributed by atoms with Crippen LogP contribution >= 0.6 is 0 Å². The monoisotopic (exact) mass is 385 g/mol. The molecule has 150 valence electrons. The van der Waals surface area contributed by atoms with Crippen LogP contribution in [0.15, 0.2) is 24.3 Å². The van der Waals surface area contributed by atoms with Crippen LogP contribution in [-0.4, -0.2) is 79.2 Å². The summed E-state index contributed by atoms with van der Waals surface area (Å²) in [4.78, 5) is 29.2. The van der Waals surface area contributed by atoms with Crippen LogP contribution in [0.25, 0.3) is 0 Å². The number of nitrogens with one attached hydrogen (secondary N) is 1. The summed E-state index contributed by atoms with van der Waals surface area (Å²) in [6.07, 6.45) is 2.69. The van der Waals surface area contributed by atoms with Crippen molar-refractivity contribution in [2.24, 2.45) is 5.92 Å². The smallest absolute Gasteiger partial charge is 0.264 e. The van der Waals surface area contributed by atoms with Crippen molar-refractivity contribution < 1.29 is 19.1 Å². The van der Waals surface area contributed by atoms with Crippen molar-refractivity contribution in [3.63, 3.8) is 0 Å². The highest BCUT2D eigenvalue weighted by molar-refractivity contribution is 5.84. The van der Waals surface area contributed by atoms with Gasteiger partial charge in [0.15, 0.2) is 6.10 Å². The van der Waals surface area contributed by atoms with Crippen LogP contribution in [0.2, 0.25) is 0 Å². The number of rotatable bonds is 4. The van der Waals surface area contributed by atoms with Crippen LogP contribution in [0.3, 0.4) is 0 Å². The summed E-state index contributed by atoms with van der Waals surface area (Å²) in [5, 5.41) is 2.75. The zero-order chi connectivity index (χ0) is 19.3. The van der Waals surface area contributed by atoms with Gasteiger partial charge in [-0.1, -0.05) is 18.2 Å². The number of benzene rings is 1. The Kier molecular flexibility index (Phi) is 4.32. The molecule has 1 aliphatic carbocycles. The fourth-order valence-electron chi connectivity index (χ4n) is 4.64. The number of morpholine rings is 1. The molecular formula is C21H27N3O4. The molecule has 4 aliphatic rings. The Morgan fingerprint density at radius 3 is 2.71 bits per heavy atom. The Morgan fingerprint density at radius 1 is 1.21 bits per heavy atom. The first-order chi connectivity index (χ1) is 13.6. The van der Waals surface area contributed by atoms with Crippen molar-refractivity contribution >= 4 is 11.8 Å². The van der Waals surface area contributed by atoms with Gasteiger partial charge in [0, 0.05) is 26.6 Å². The Bertz CT molecular complexity index is 763. The van der Waals surface area contributed by atoms with Gasteiger partial charge in [0.2, 0.25) is 5.91 Å². The van der Waals surface area contributed by atoms with Gasteiger partial charge < -0.3 is 19.7 Å². The predicted octanol–water partition coefficient (Wildman–Crippen LogP) is 0.428. The molecule has 2 saturated heterocycles. The molecule has 1 aromatic rings. The van der Waals surface area contributed by atoms with Crippen LogP contribution < -0.4 is 10.1 Å². The molecule has 0 unspecified atom stereocenters. The molecule has 1 spiro atoms. The number of ether oxygens (including phenoxy) is 2. The molecule has 0 bridgehead atoms. The van der Waals surface area contributed by atoms with Crippen molar-refractivity contribution in [2.75, 3.05) is 39.8 Å². The lowest BCUT2D eigenvalue weighted by Gasteiger charge is -2.55. The van der Waals surface area contributed by atoms with Crippen molar-refractivity contribution in [3.8, 4) is 5.75 Å². The molecule has 1 aromatic carbocycles. The fourth-order valence-corrected chi connectivity index (χ4v) is 4.64. The number of carbonyl (C=O) groups excluding carboxylic acids is 2. The van der Waals surface area contributed by atoms with E-state index in [1.54, 1.807) is 7.05 Å². The standard InChI is InChI=1S/C21H27N3O4/c1-22-19(25)16-10-27-21(11-23(16)9-14-6-7-14)12-24(13-21)20(26)18-8-15-4-2-3-5-17(15)28-18/h2-5,14,16,18H,6-13H2,1H3,(H,22,25)/t16-,18-/m0/s1. The van der Waals surface area contributed by atoms with E-state index in [-0.39, 0.29) is 23.5 Å². The maximum Gasteiger partial charge on any atom is 0.264 e. The van der Waals surface area contributed by atoms with E-state index < -0.39 is 6.10 Å². The maximum absolute atomic E-state index is 12.9. The molecular weight excluding hydrogens is 358 g/mol. The van der Waals surface area contributed by atoms with E-state index >= 15 is 0 Å². The Balaban J connectivity index is 1.21. The highest BCUT2D eigenvalue weighted by Crippen LogP contribution is 2.37. The second-order valence-electron chi connectivity index (χ2n) is 8.61. The average Bonchev–Trinajstić information content (AvgIpc) is 3.39. The van der Waals surface area contributed by atoms with Gasteiger partial charge >= 0.3 is 0 Å². The number of likely N-dealkylation sites (N-methyl/N-ethyl adjacent to an activating group) is 1. The number of hydrogen-bond acceptors (Lipinski definition) is 5. The number of fused-ring (bicyclic) bond motifs is 1. The summed E-state index contributed by atoms with van der Waals surface area (Å²) in [6.45, 7) is 3.18. The summed E-state index contributed by atoms with van der Waals surface area (Å²) >= 11 is 0. The summed E-state index contributed by atoms with van der Waals surface area (Å²) in [6, 6.07) is 7.60. The van der Waals surface area contributed by atoms with Crippen LogP contribution in [0.1, 0.15) is 18.4 Å². The number of carbonyl (C=O) groups is 2.